The molecule has 2 fully saturated rings. The number of carbonyl (C=O) groups excluding carboxylic acids is 1. The fourth-order valence-corrected chi connectivity index (χ4v) is 5.88. The van der Waals surface area contributed by atoms with Gasteiger partial charge in [0.2, 0.25) is 0 Å². The molecule has 1 saturated heterocycles. The van der Waals surface area contributed by atoms with E-state index in [9.17, 15) is 9.90 Å². The maximum Gasteiger partial charge on any atom is 0.306 e. The zero-order valence-electron chi connectivity index (χ0n) is 17.9. The SMILES string of the molecule is CCOC(=O)C[C@@H]1[C@@H]2CCC[C@@]1(c1cccc(O)c1)CCN2CCc1ccccc1. The molecule has 2 aromatic carbocycles. The van der Waals surface area contributed by atoms with E-state index in [4.69, 9.17) is 4.74 Å². The average molecular weight is 408 g/mol. The van der Waals surface area contributed by atoms with E-state index in [0.29, 0.717) is 24.8 Å². The third-order valence-corrected chi connectivity index (χ3v) is 7.25. The van der Waals surface area contributed by atoms with E-state index in [1.54, 1.807) is 6.07 Å². The summed E-state index contributed by atoms with van der Waals surface area (Å²) in [6.45, 7) is 4.35. The number of phenols is 1. The van der Waals surface area contributed by atoms with Gasteiger partial charge in [0.1, 0.15) is 5.75 Å². The topological polar surface area (TPSA) is 49.8 Å². The summed E-state index contributed by atoms with van der Waals surface area (Å²) in [6.07, 6.45) is 5.86. The molecule has 0 unspecified atom stereocenters. The third-order valence-electron chi connectivity index (χ3n) is 7.25. The van der Waals surface area contributed by atoms with Gasteiger partial charge in [0.15, 0.2) is 0 Å². The van der Waals surface area contributed by atoms with E-state index in [1.807, 2.05) is 19.1 Å². The second-order valence-electron chi connectivity index (χ2n) is 8.80. The van der Waals surface area contributed by atoms with Gasteiger partial charge in [-0.1, -0.05) is 48.9 Å². The molecule has 160 valence electrons. The summed E-state index contributed by atoms with van der Waals surface area (Å²) in [4.78, 5) is 15.2. The van der Waals surface area contributed by atoms with Gasteiger partial charge in [-0.05, 0) is 68.3 Å². The highest BCUT2D eigenvalue weighted by molar-refractivity contribution is 5.70. The van der Waals surface area contributed by atoms with Crippen molar-refractivity contribution in [3.63, 3.8) is 0 Å². The summed E-state index contributed by atoms with van der Waals surface area (Å²) in [5.41, 5.74) is 2.49. The number of carbonyl (C=O) groups is 1. The lowest BCUT2D eigenvalue weighted by atomic mass is 9.56. The molecule has 1 N–H and O–H groups in total. The number of esters is 1. The second kappa shape index (κ2) is 9.22. The van der Waals surface area contributed by atoms with Gasteiger partial charge in [0.05, 0.1) is 13.0 Å². The molecule has 4 rings (SSSR count). The van der Waals surface area contributed by atoms with Crippen molar-refractivity contribution in [3.05, 3.63) is 65.7 Å². The van der Waals surface area contributed by atoms with Crippen LogP contribution in [0.25, 0.3) is 0 Å². The number of nitrogens with zero attached hydrogens (tertiary/aromatic N) is 1. The largest absolute Gasteiger partial charge is 0.508 e. The molecule has 1 heterocycles. The Morgan fingerprint density at radius 2 is 2.00 bits per heavy atom. The van der Waals surface area contributed by atoms with Crippen LogP contribution >= 0.6 is 0 Å². The Morgan fingerprint density at radius 1 is 1.17 bits per heavy atom. The first-order valence-corrected chi connectivity index (χ1v) is 11.4. The van der Waals surface area contributed by atoms with E-state index in [1.165, 1.54) is 11.1 Å². The van der Waals surface area contributed by atoms with Crippen molar-refractivity contribution in [2.45, 2.75) is 56.9 Å². The van der Waals surface area contributed by atoms with Gasteiger partial charge >= 0.3 is 5.97 Å². The first-order chi connectivity index (χ1) is 14.6. The molecule has 0 aromatic heterocycles. The molecule has 4 heteroatoms. The molecule has 1 saturated carbocycles. The minimum Gasteiger partial charge on any atom is -0.508 e. The van der Waals surface area contributed by atoms with Gasteiger partial charge in [-0.25, -0.2) is 0 Å². The number of piperidine rings is 1. The molecule has 0 amide bonds. The molecule has 1 aliphatic carbocycles. The van der Waals surface area contributed by atoms with Crippen molar-refractivity contribution < 1.29 is 14.6 Å². The number of hydrogen-bond donors (Lipinski definition) is 1. The van der Waals surface area contributed by atoms with E-state index in [-0.39, 0.29) is 17.3 Å². The number of phenolic OH excluding ortho intramolecular Hbond substituents is 1. The molecular weight excluding hydrogens is 374 g/mol. The molecule has 1 aliphatic heterocycles. The Balaban J connectivity index is 1.60. The van der Waals surface area contributed by atoms with Crippen molar-refractivity contribution in [1.29, 1.82) is 0 Å². The van der Waals surface area contributed by atoms with Crippen LogP contribution < -0.4 is 0 Å². The number of likely N-dealkylation sites (tertiary alicyclic amines) is 1. The van der Waals surface area contributed by atoms with E-state index in [0.717, 1.165) is 45.2 Å². The Morgan fingerprint density at radius 3 is 2.77 bits per heavy atom. The predicted octanol–water partition coefficient (Wildman–Crippen LogP) is 4.70. The monoisotopic (exact) mass is 407 g/mol. The molecule has 2 aromatic rings. The van der Waals surface area contributed by atoms with Crippen LogP contribution in [-0.2, 0) is 21.4 Å². The Bertz CT molecular complexity index is 852. The zero-order valence-corrected chi connectivity index (χ0v) is 17.9. The molecule has 0 radical (unpaired) electrons. The van der Waals surface area contributed by atoms with Crippen LogP contribution in [0.5, 0.6) is 5.75 Å². The lowest BCUT2D eigenvalue weighted by molar-refractivity contribution is -0.147. The van der Waals surface area contributed by atoms with Crippen molar-refractivity contribution in [3.8, 4) is 5.75 Å². The number of aromatic hydroxyl groups is 1. The maximum absolute atomic E-state index is 12.6. The molecule has 2 aliphatic rings. The van der Waals surface area contributed by atoms with Gasteiger partial charge in [0, 0.05) is 18.0 Å². The highest BCUT2D eigenvalue weighted by atomic mass is 16.5. The summed E-state index contributed by atoms with van der Waals surface area (Å²) < 4.78 is 5.37. The molecule has 3 atom stereocenters. The minimum absolute atomic E-state index is 0.0579. The quantitative estimate of drug-likeness (QED) is 0.676. The van der Waals surface area contributed by atoms with Gasteiger partial charge in [-0.15, -0.1) is 0 Å². The molecular formula is C26H33NO3. The first-order valence-electron chi connectivity index (χ1n) is 11.4. The second-order valence-corrected chi connectivity index (χ2v) is 8.80. The molecule has 2 bridgehead atoms. The summed E-state index contributed by atoms with van der Waals surface area (Å²) in [5.74, 6) is 0.436. The van der Waals surface area contributed by atoms with Gasteiger partial charge in [0.25, 0.3) is 0 Å². The van der Waals surface area contributed by atoms with E-state index in [2.05, 4.69) is 41.3 Å². The van der Waals surface area contributed by atoms with Crippen LogP contribution in [0, 0.1) is 5.92 Å². The van der Waals surface area contributed by atoms with Crippen LogP contribution in [-0.4, -0.2) is 41.7 Å². The number of fused-ring (bicyclic) bond motifs is 2. The van der Waals surface area contributed by atoms with Crippen LogP contribution in [0.2, 0.25) is 0 Å². The summed E-state index contributed by atoms with van der Waals surface area (Å²) in [5, 5.41) is 10.2. The lowest BCUT2D eigenvalue weighted by Crippen LogP contribution is -2.59. The van der Waals surface area contributed by atoms with Gasteiger partial charge in [-0.3, -0.25) is 9.69 Å². The number of rotatable bonds is 7. The van der Waals surface area contributed by atoms with E-state index < -0.39 is 0 Å². The van der Waals surface area contributed by atoms with Crippen molar-refractivity contribution in [2.75, 3.05) is 19.7 Å². The summed E-state index contributed by atoms with van der Waals surface area (Å²) >= 11 is 0. The maximum atomic E-state index is 12.6. The smallest absolute Gasteiger partial charge is 0.306 e. The molecule has 30 heavy (non-hydrogen) atoms. The molecule has 4 nitrogen and oxygen atoms in total. The minimum atomic E-state index is -0.0937. The Hall–Kier alpha value is -2.33. The average Bonchev–Trinajstić information content (AvgIpc) is 2.74. The number of ether oxygens (including phenoxy) is 1. The zero-order chi connectivity index (χ0) is 21.0. The lowest BCUT2D eigenvalue weighted by Gasteiger charge is -2.56. The Labute approximate surface area is 179 Å². The number of hydrogen-bond acceptors (Lipinski definition) is 4. The van der Waals surface area contributed by atoms with Crippen LogP contribution in [0.4, 0.5) is 0 Å². The highest BCUT2D eigenvalue weighted by Gasteiger charge is 2.52. The third kappa shape index (κ3) is 4.24. The van der Waals surface area contributed by atoms with Gasteiger partial charge in [-0.2, -0.15) is 0 Å². The predicted molar refractivity (Wildman–Crippen MR) is 118 cm³/mol. The first kappa shape index (κ1) is 20.9. The molecule has 0 spiro atoms. The fourth-order valence-electron chi connectivity index (χ4n) is 5.88. The van der Waals surface area contributed by atoms with Crippen LogP contribution in [0.1, 0.15) is 50.2 Å². The van der Waals surface area contributed by atoms with Crippen molar-refractivity contribution in [2.24, 2.45) is 5.92 Å². The number of benzene rings is 2. The fraction of sp³-hybridized carbons (Fsp3) is 0.500. The van der Waals surface area contributed by atoms with Gasteiger partial charge < -0.3 is 9.84 Å². The summed E-state index contributed by atoms with van der Waals surface area (Å²) in [6, 6.07) is 18.7. The van der Waals surface area contributed by atoms with E-state index >= 15 is 0 Å². The standard InChI is InChI=1S/C26H33NO3/c1-2-30-25(29)19-23-24-12-7-14-26(23,21-10-6-11-22(28)18-21)15-17-27(24)16-13-20-8-4-3-5-9-20/h3-6,8-11,18,23-24,28H,2,7,12-17,19H2,1H3/t23-,24+,26+/m1/s1. The van der Waals surface area contributed by atoms with Crippen LogP contribution in [0.15, 0.2) is 54.6 Å². The van der Waals surface area contributed by atoms with Crippen molar-refractivity contribution in [1.82, 2.24) is 4.90 Å². The highest BCUT2D eigenvalue weighted by Crippen LogP contribution is 2.52. The summed E-state index contributed by atoms with van der Waals surface area (Å²) in [7, 11) is 0. The van der Waals surface area contributed by atoms with Crippen molar-refractivity contribution >= 4 is 5.97 Å². The normalized spacial score (nSPS) is 26.3. The Kier molecular flexibility index (Phi) is 6.43. The van der Waals surface area contributed by atoms with Crippen LogP contribution in [0.3, 0.4) is 0 Å².